The molecule has 7 nitrogen and oxygen atoms in total. The molecule has 0 saturated carbocycles. The fourth-order valence-electron chi connectivity index (χ4n) is 1.49. The van der Waals surface area contributed by atoms with Crippen molar-refractivity contribution in [1.29, 1.82) is 0 Å². The summed E-state index contributed by atoms with van der Waals surface area (Å²) in [6.07, 6.45) is 0.0100. The van der Waals surface area contributed by atoms with E-state index in [4.69, 9.17) is 25.8 Å². The van der Waals surface area contributed by atoms with Gasteiger partial charge in [-0.05, 0) is 12.1 Å². The van der Waals surface area contributed by atoms with E-state index in [2.05, 4.69) is 5.32 Å². The van der Waals surface area contributed by atoms with E-state index < -0.39 is 31.3 Å². The highest BCUT2D eigenvalue weighted by molar-refractivity contribution is 5.77. The molecule has 0 saturated heterocycles. The highest BCUT2D eigenvalue weighted by Crippen LogP contribution is 2.19. The fraction of sp³-hybridized carbons (Fsp3) is 0.462. The maximum Gasteiger partial charge on any atom is 0.224 e. The molecule has 0 fully saturated rings. The second-order valence-electron chi connectivity index (χ2n) is 4.44. The van der Waals surface area contributed by atoms with E-state index in [-0.39, 0.29) is 13.0 Å². The van der Waals surface area contributed by atoms with Gasteiger partial charge < -0.3 is 31.1 Å². The summed E-state index contributed by atoms with van der Waals surface area (Å²) in [6.45, 7) is -1.58. The van der Waals surface area contributed by atoms with Crippen molar-refractivity contribution in [2.45, 2.75) is 12.0 Å². The number of aliphatic hydroxyl groups is 3. The largest absolute Gasteiger partial charge is 0.491 e. The second kappa shape index (κ2) is 7.68. The van der Waals surface area contributed by atoms with Crippen molar-refractivity contribution in [1.82, 2.24) is 5.32 Å². The molecular formula is C13H20N2O5. The van der Waals surface area contributed by atoms with Crippen molar-refractivity contribution in [3.63, 3.8) is 0 Å². The molecule has 0 aliphatic carbocycles. The van der Waals surface area contributed by atoms with Gasteiger partial charge in [0.15, 0.2) is 0 Å². The first-order valence-corrected chi connectivity index (χ1v) is 6.18. The van der Waals surface area contributed by atoms with Gasteiger partial charge in [-0.25, -0.2) is 0 Å². The van der Waals surface area contributed by atoms with Crippen LogP contribution in [0.3, 0.4) is 0 Å². The Morgan fingerprint density at radius 2 is 1.80 bits per heavy atom. The molecule has 112 valence electrons. The molecule has 0 spiro atoms. The van der Waals surface area contributed by atoms with Crippen molar-refractivity contribution in [2.24, 2.45) is 0 Å². The van der Waals surface area contributed by atoms with Crippen LogP contribution in [0.15, 0.2) is 24.3 Å². The van der Waals surface area contributed by atoms with Crippen LogP contribution in [0.25, 0.3) is 0 Å². The number of carbonyl (C=O) groups excluding carboxylic acids is 1. The Balaban J connectivity index is 2.42. The van der Waals surface area contributed by atoms with Crippen LogP contribution >= 0.6 is 0 Å². The van der Waals surface area contributed by atoms with Crippen molar-refractivity contribution in [2.75, 3.05) is 32.2 Å². The van der Waals surface area contributed by atoms with Crippen LogP contribution in [0.5, 0.6) is 5.75 Å². The summed E-state index contributed by atoms with van der Waals surface area (Å²) in [6, 6.07) is 6.91. The third-order valence-corrected chi connectivity index (χ3v) is 2.82. The topological polar surface area (TPSA) is 125 Å². The molecule has 1 amide bonds. The third kappa shape index (κ3) is 4.37. The average molecular weight is 284 g/mol. The molecule has 0 aliphatic rings. The molecular weight excluding hydrogens is 264 g/mol. The van der Waals surface area contributed by atoms with Gasteiger partial charge in [-0.15, -0.1) is 0 Å². The highest BCUT2D eigenvalue weighted by Gasteiger charge is 2.29. The number of benzene rings is 1. The van der Waals surface area contributed by atoms with Gasteiger partial charge in [0.2, 0.25) is 5.91 Å². The van der Waals surface area contributed by atoms with E-state index in [1.165, 1.54) is 0 Å². The number of anilines is 1. The lowest BCUT2D eigenvalue weighted by atomic mass is 10.0. The minimum atomic E-state index is -1.41. The second-order valence-corrected chi connectivity index (χ2v) is 4.44. The van der Waals surface area contributed by atoms with Crippen LogP contribution in [0.1, 0.15) is 6.42 Å². The number of carbonyl (C=O) groups is 1. The van der Waals surface area contributed by atoms with E-state index in [9.17, 15) is 4.79 Å². The lowest BCUT2D eigenvalue weighted by Crippen LogP contribution is -2.57. The zero-order valence-electron chi connectivity index (χ0n) is 11.1. The lowest BCUT2D eigenvalue weighted by molar-refractivity contribution is -0.125. The van der Waals surface area contributed by atoms with E-state index in [1.54, 1.807) is 24.3 Å². The first-order chi connectivity index (χ1) is 9.56. The Morgan fingerprint density at radius 3 is 2.35 bits per heavy atom. The van der Waals surface area contributed by atoms with Crippen LogP contribution in [0.2, 0.25) is 0 Å². The summed E-state index contributed by atoms with van der Waals surface area (Å²) in [7, 11) is 0. The number of nitrogens with one attached hydrogen (secondary N) is 1. The van der Waals surface area contributed by atoms with Gasteiger partial charge in [-0.2, -0.15) is 0 Å². The summed E-state index contributed by atoms with van der Waals surface area (Å²) >= 11 is 0. The van der Waals surface area contributed by atoms with E-state index >= 15 is 0 Å². The monoisotopic (exact) mass is 284 g/mol. The number of rotatable bonds is 8. The molecule has 0 radical (unpaired) electrons. The Labute approximate surface area is 117 Å². The fourth-order valence-corrected chi connectivity index (χ4v) is 1.49. The number of ether oxygens (including phenoxy) is 1. The molecule has 0 heterocycles. The molecule has 20 heavy (non-hydrogen) atoms. The predicted octanol–water partition coefficient (Wildman–Crippen LogP) is -1.13. The smallest absolute Gasteiger partial charge is 0.224 e. The maximum atomic E-state index is 11.7. The van der Waals surface area contributed by atoms with Crippen molar-refractivity contribution >= 4 is 11.6 Å². The normalized spacial score (nSPS) is 11.2. The Bertz CT molecular complexity index is 426. The van der Waals surface area contributed by atoms with E-state index in [0.29, 0.717) is 11.4 Å². The van der Waals surface area contributed by atoms with Crippen molar-refractivity contribution in [3.8, 4) is 5.75 Å². The summed E-state index contributed by atoms with van der Waals surface area (Å²) < 4.78 is 5.35. The molecule has 0 bridgehead atoms. The van der Waals surface area contributed by atoms with Gasteiger partial charge in [0, 0.05) is 0 Å². The minimum Gasteiger partial charge on any atom is -0.491 e. The van der Waals surface area contributed by atoms with Crippen LogP contribution in [0.4, 0.5) is 5.69 Å². The molecule has 7 heteroatoms. The summed E-state index contributed by atoms with van der Waals surface area (Å²) in [5.74, 6) is 0.0368. The Hall–Kier alpha value is -1.83. The number of hydrogen-bond acceptors (Lipinski definition) is 6. The Morgan fingerprint density at radius 1 is 1.20 bits per heavy atom. The predicted molar refractivity (Wildman–Crippen MR) is 73.1 cm³/mol. The van der Waals surface area contributed by atoms with E-state index in [0.717, 1.165) is 0 Å². The number of para-hydroxylation sites is 2. The molecule has 0 atom stereocenters. The van der Waals surface area contributed by atoms with Crippen LogP contribution < -0.4 is 15.8 Å². The quantitative estimate of drug-likeness (QED) is 0.385. The van der Waals surface area contributed by atoms with Crippen LogP contribution in [0, 0.1) is 0 Å². The summed E-state index contributed by atoms with van der Waals surface area (Å²) in [4.78, 5) is 11.7. The first kappa shape index (κ1) is 16.2. The third-order valence-electron chi connectivity index (χ3n) is 2.82. The molecule has 0 aliphatic heterocycles. The SMILES string of the molecule is Nc1ccccc1OCCC(=O)NC(CO)(CO)CO. The molecule has 1 aromatic rings. The van der Waals surface area contributed by atoms with Crippen molar-refractivity contribution < 1.29 is 24.9 Å². The zero-order valence-corrected chi connectivity index (χ0v) is 11.1. The van der Waals surface area contributed by atoms with Crippen molar-refractivity contribution in [3.05, 3.63) is 24.3 Å². The molecule has 1 aromatic carbocycles. The molecule has 0 aromatic heterocycles. The van der Waals surface area contributed by atoms with Gasteiger partial charge in [0.1, 0.15) is 11.3 Å². The van der Waals surface area contributed by atoms with Gasteiger partial charge >= 0.3 is 0 Å². The minimum absolute atomic E-state index is 0.0100. The number of nitrogen functional groups attached to an aromatic ring is 1. The summed E-state index contributed by atoms with van der Waals surface area (Å²) in [5.41, 5.74) is 4.74. The highest BCUT2D eigenvalue weighted by atomic mass is 16.5. The maximum absolute atomic E-state index is 11.7. The molecule has 0 unspecified atom stereocenters. The van der Waals surface area contributed by atoms with E-state index in [1.807, 2.05) is 0 Å². The van der Waals surface area contributed by atoms with Gasteiger partial charge in [-0.1, -0.05) is 12.1 Å². The molecule has 6 N–H and O–H groups in total. The Kier molecular flexibility index (Phi) is 6.23. The first-order valence-electron chi connectivity index (χ1n) is 6.18. The van der Waals surface area contributed by atoms with Gasteiger partial charge in [0.25, 0.3) is 0 Å². The summed E-state index contributed by atoms with van der Waals surface area (Å²) in [5, 5.41) is 29.6. The lowest BCUT2D eigenvalue weighted by Gasteiger charge is -2.28. The van der Waals surface area contributed by atoms with Gasteiger partial charge in [-0.3, -0.25) is 4.79 Å². The standard InChI is InChI=1S/C13H20N2O5/c14-10-3-1-2-4-11(10)20-6-5-12(19)15-13(7-16,8-17)9-18/h1-4,16-18H,5-9,14H2,(H,15,19). The van der Waals surface area contributed by atoms with Crippen LogP contribution in [-0.2, 0) is 4.79 Å². The van der Waals surface area contributed by atoms with Crippen LogP contribution in [-0.4, -0.2) is 53.2 Å². The van der Waals surface area contributed by atoms with Gasteiger partial charge in [0.05, 0.1) is 38.5 Å². The zero-order chi connectivity index (χ0) is 15.0. The average Bonchev–Trinajstić information content (AvgIpc) is 2.47. The molecule has 1 rings (SSSR count). The number of aliphatic hydroxyl groups excluding tert-OH is 3. The number of amides is 1. The number of hydrogen-bond donors (Lipinski definition) is 5. The number of nitrogens with two attached hydrogens (primary N) is 1.